The van der Waals surface area contributed by atoms with Gasteiger partial charge in [-0.2, -0.15) is 13.2 Å². The Hall–Kier alpha value is -1.44. The molecule has 0 fully saturated rings. The summed E-state index contributed by atoms with van der Waals surface area (Å²) in [5.41, 5.74) is -0.876. The first-order valence-electron chi connectivity index (χ1n) is 6.78. The molecule has 0 saturated carbocycles. The van der Waals surface area contributed by atoms with Gasteiger partial charge in [-0.05, 0) is 64.8 Å². The molecule has 0 aliphatic rings. The highest BCUT2D eigenvalue weighted by Gasteiger charge is 2.31. The quantitative estimate of drug-likeness (QED) is 0.484. The van der Waals surface area contributed by atoms with E-state index in [1.165, 1.54) is 13.0 Å². The predicted octanol–water partition coefficient (Wildman–Crippen LogP) is 6.45. The molecule has 2 aromatic rings. The molecule has 9 heteroatoms. The van der Waals surface area contributed by atoms with Gasteiger partial charge in [0.15, 0.2) is 6.10 Å². The summed E-state index contributed by atoms with van der Waals surface area (Å²) >= 11 is 14.5. The summed E-state index contributed by atoms with van der Waals surface area (Å²) in [7, 11) is 0. The van der Waals surface area contributed by atoms with Gasteiger partial charge >= 0.3 is 6.18 Å². The standard InChI is InChI=1S/C16H10BrCl2F3O3/c1-8(15(19)23)24-14-7-10(3-4-11(14)17)25-13-5-2-9(6-12(13)18)16(20,21)22/h2-8H,1H3. The highest BCUT2D eigenvalue weighted by molar-refractivity contribution is 9.10. The van der Waals surface area contributed by atoms with Gasteiger partial charge in [0, 0.05) is 6.07 Å². The van der Waals surface area contributed by atoms with Crippen molar-refractivity contribution in [3.63, 3.8) is 0 Å². The zero-order valence-electron chi connectivity index (χ0n) is 12.5. The third kappa shape index (κ3) is 5.26. The van der Waals surface area contributed by atoms with Crippen LogP contribution in [0.4, 0.5) is 13.2 Å². The first-order valence-corrected chi connectivity index (χ1v) is 8.33. The third-order valence-corrected chi connectivity index (χ3v) is 4.27. The number of benzene rings is 2. The van der Waals surface area contributed by atoms with Crippen LogP contribution in [0.5, 0.6) is 17.2 Å². The van der Waals surface area contributed by atoms with Gasteiger partial charge in [0.05, 0.1) is 15.1 Å². The van der Waals surface area contributed by atoms with Crippen LogP contribution in [0.2, 0.25) is 5.02 Å². The van der Waals surface area contributed by atoms with Crippen LogP contribution in [-0.2, 0) is 11.0 Å². The minimum Gasteiger partial charge on any atom is -0.480 e. The topological polar surface area (TPSA) is 35.5 Å². The van der Waals surface area contributed by atoms with Gasteiger partial charge in [-0.1, -0.05) is 11.6 Å². The van der Waals surface area contributed by atoms with Gasteiger partial charge in [0.25, 0.3) is 5.24 Å². The number of ether oxygens (including phenoxy) is 2. The maximum absolute atomic E-state index is 12.7. The summed E-state index contributed by atoms with van der Waals surface area (Å²) in [6.45, 7) is 1.47. The van der Waals surface area contributed by atoms with Crippen LogP contribution in [-0.4, -0.2) is 11.3 Å². The molecule has 2 rings (SSSR count). The number of carbonyl (C=O) groups excluding carboxylic acids is 1. The summed E-state index contributed by atoms with van der Waals surface area (Å²) in [6, 6.07) is 7.37. The van der Waals surface area contributed by atoms with Gasteiger partial charge in [-0.3, -0.25) is 4.79 Å². The lowest BCUT2D eigenvalue weighted by Crippen LogP contribution is -2.19. The van der Waals surface area contributed by atoms with E-state index in [1.807, 2.05) is 0 Å². The average Bonchev–Trinajstić information content (AvgIpc) is 2.51. The molecule has 0 bridgehead atoms. The van der Waals surface area contributed by atoms with Crippen LogP contribution >= 0.6 is 39.1 Å². The van der Waals surface area contributed by atoms with E-state index in [9.17, 15) is 18.0 Å². The van der Waals surface area contributed by atoms with Crippen molar-refractivity contribution >= 4 is 44.4 Å². The number of alkyl halides is 3. The Kier molecular flexibility index (Phi) is 6.24. The molecule has 0 saturated heterocycles. The molecule has 3 nitrogen and oxygen atoms in total. The summed E-state index contributed by atoms with van der Waals surface area (Å²) < 4.78 is 49.4. The zero-order chi connectivity index (χ0) is 18.8. The third-order valence-electron chi connectivity index (χ3n) is 3.01. The normalized spacial score (nSPS) is 12.6. The predicted molar refractivity (Wildman–Crippen MR) is 91.6 cm³/mol. The highest BCUT2D eigenvalue weighted by Crippen LogP contribution is 2.38. The molecule has 134 valence electrons. The maximum Gasteiger partial charge on any atom is 0.416 e. The van der Waals surface area contributed by atoms with Gasteiger partial charge < -0.3 is 9.47 Å². The van der Waals surface area contributed by atoms with E-state index < -0.39 is 23.1 Å². The molecule has 0 amide bonds. The molecular weight excluding hydrogens is 448 g/mol. The molecule has 0 heterocycles. The smallest absolute Gasteiger partial charge is 0.416 e. The number of hydrogen-bond acceptors (Lipinski definition) is 3. The zero-order valence-corrected chi connectivity index (χ0v) is 15.6. The van der Waals surface area contributed by atoms with Crippen molar-refractivity contribution in [2.24, 2.45) is 0 Å². The summed E-state index contributed by atoms with van der Waals surface area (Å²) in [5.74, 6) is 0.584. The lowest BCUT2D eigenvalue weighted by Gasteiger charge is -2.15. The second kappa shape index (κ2) is 7.85. The summed E-state index contributed by atoms with van der Waals surface area (Å²) in [6.07, 6.45) is -5.38. The molecule has 0 aliphatic carbocycles. The first-order chi connectivity index (χ1) is 11.6. The van der Waals surface area contributed by atoms with Crippen LogP contribution in [0.3, 0.4) is 0 Å². The van der Waals surface area contributed by atoms with E-state index in [4.69, 9.17) is 32.7 Å². The van der Waals surface area contributed by atoms with Crippen molar-refractivity contribution in [1.29, 1.82) is 0 Å². The fraction of sp³-hybridized carbons (Fsp3) is 0.188. The minimum atomic E-state index is -4.50. The van der Waals surface area contributed by atoms with Crippen molar-refractivity contribution < 1.29 is 27.4 Å². The van der Waals surface area contributed by atoms with E-state index in [2.05, 4.69) is 15.9 Å². The first kappa shape index (κ1) is 19.9. The molecule has 1 unspecified atom stereocenters. The number of halogens is 6. The lowest BCUT2D eigenvalue weighted by atomic mass is 10.2. The van der Waals surface area contributed by atoms with Gasteiger partial charge in [-0.15, -0.1) is 0 Å². The fourth-order valence-corrected chi connectivity index (χ4v) is 2.36. The van der Waals surface area contributed by atoms with Crippen LogP contribution < -0.4 is 9.47 Å². The van der Waals surface area contributed by atoms with Crippen LogP contribution in [0.25, 0.3) is 0 Å². The molecular formula is C16H10BrCl2F3O3. The second-order valence-electron chi connectivity index (χ2n) is 4.90. The lowest BCUT2D eigenvalue weighted by molar-refractivity contribution is -0.137. The van der Waals surface area contributed by atoms with Crippen molar-refractivity contribution in [3.05, 3.63) is 51.5 Å². The Morgan fingerprint density at radius 1 is 1.16 bits per heavy atom. The SMILES string of the molecule is CC(Oc1cc(Oc2ccc(C(F)(F)F)cc2Cl)ccc1Br)C(=O)Cl. The molecule has 0 spiro atoms. The van der Waals surface area contributed by atoms with Crippen LogP contribution in [0.1, 0.15) is 12.5 Å². The van der Waals surface area contributed by atoms with Crippen molar-refractivity contribution in [2.45, 2.75) is 19.2 Å². The Morgan fingerprint density at radius 3 is 2.40 bits per heavy atom. The second-order valence-corrected chi connectivity index (χ2v) is 6.54. The van der Waals surface area contributed by atoms with E-state index in [0.29, 0.717) is 4.47 Å². The molecule has 25 heavy (non-hydrogen) atoms. The molecule has 0 aromatic heterocycles. The van der Waals surface area contributed by atoms with E-state index >= 15 is 0 Å². The number of rotatable bonds is 5. The van der Waals surface area contributed by atoms with Crippen molar-refractivity contribution in [2.75, 3.05) is 0 Å². The number of hydrogen-bond donors (Lipinski definition) is 0. The molecule has 1 atom stereocenters. The highest BCUT2D eigenvalue weighted by atomic mass is 79.9. The van der Waals surface area contributed by atoms with Crippen molar-refractivity contribution in [1.82, 2.24) is 0 Å². The molecule has 2 aromatic carbocycles. The van der Waals surface area contributed by atoms with E-state index in [0.717, 1.165) is 18.2 Å². The maximum atomic E-state index is 12.7. The summed E-state index contributed by atoms with van der Waals surface area (Å²) in [4.78, 5) is 11.1. The number of carbonyl (C=O) groups is 1. The van der Waals surface area contributed by atoms with Crippen LogP contribution in [0.15, 0.2) is 40.9 Å². The Morgan fingerprint density at radius 2 is 1.84 bits per heavy atom. The minimum absolute atomic E-state index is 0.0457. The van der Waals surface area contributed by atoms with Gasteiger partial charge in [0.2, 0.25) is 0 Å². The average molecular weight is 458 g/mol. The molecule has 0 radical (unpaired) electrons. The Labute approximate surface area is 159 Å². The monoisotopic (exact) mass is 456 g/mol. The van der Waals surface area contributed by atoms with Crippen molar-refractivity contribution in [3.8, 4) is 17.2 Å². The Balaban J connectivity index is 2.25. The van der Waals surface area contributed by atoms with Crippen LogP contribution in [0, 0.1) is 0 Å². The molecule has 0 N–H and O–H groups in total. The molecule has 0 aliphatic heterocycles. The van der Waals surface area contributed by atoms with Gasteiger partial charge in [-0.25, -0.2) is 0 Å². The fourth-order valence-electron chi connectivity index (χ4n) is 1.76. The van der Waals surface area contributed by atoms with Gasteiger partial charge in [0.1, 0.15) is 17.2 Å². The van der Waals surface area contributed by atoms with E-state index in [1.54, 1.807) is 12.1 Å². The largest absolute Gasteiger partial charge is 0.480 e. The Bertz CT molecular complexity index is 797. The summed E-state index contributed by atoms with van der Waals surface area (Å²) in [5, 5.41) is -0.867. The van der Waals surface area contributed by atoms with E-state index in [-0.39, 0.29) is 22.3 Å².